The van der Waals surface area contributed by atoms with Crippen LogP contribution in [-0.4, -0.2) is 19.2 Å². The number of carbonyl (C=O) groups is 1. The van der Waals surface area contributed by atoms with Gasteiger partial charge in [0, 0.05) is 0 Å². The van der Waals surface area contributed by atoms with E-state index in [-0.39, 0.29) is 6.61 Å². The molecular formula is C10H14O3. The zero-order valence-corrected chi connectivity index (χ0v) is 7.79. The summed E-state index contributed by atoms with van der Waals surface area (Å²) in [7, 11) is 0. The molecule has 0 aromatic rings. The van der Waals surface area contributed by atoms with Crippen LogP contribution < -0.4 is 0 Å². The molecule has 0 bridgehead atoms. The number of hydrogen-bond donors (Lipinski definition) is 0. The fraction of sp³-hybridized carbons (Fsp3) is 0.300. The minimum absolute atomic E-state index is 0.169. The van der Waals surface area contributed by atoms with Gasteiger partial charge >= 0.3 is 5.97 Å². The van der Waals surface area contributed by atoms with Gasteiger partial charge in [-0.1, -0.05) is 18.7 Å². The second-order valence-corrected chi connectivity index (χ2v) is 2.28. The lowest BCUT2D eigenvalue weighted by atomic mass is 10.3. The number of hydrogen-bond acceptors (Lipinski definition) is 3. The molecule has 13 heavy (non-hydrogen) atoms. The van der Waals surface area contributed by atoms with E-state index in [1.807, 2.05) is 0 Å². The van der Waals surface area contributed by atoms with E-state index in [2.05, 4.69) is 17.9 Å². The molecule has 0 rings (SSSR count). The first kappa shape index (κ1) is 11.6. The van der Waals surface area contributed by atoms with Crippen LogP contribution in [0.4, 0.5) is 0 Å². The molecular weight excluding hydrogens is 168 g/mol. The van der Waals surface area contributed by atoms with Crippen LogP contribution in [0.3, 0.4) is 0 Å². The Labute approximate surface area is 78.3 Å². The van der Waals surface area contributed by atoms with Crippen molar-refractivity contribution < 1.29 is 14.3 Å². The Balaban J connectivity index is 3.69. The second kappa shape index (κ2) is 7.31. The van der Waals surface area contributed by atoms with Crippen molar-refractivity contribution in [1.82, 2.24) is 0 Å². The monoisotopic (exact) mass is 182 g/mol. The third kappa shape index (κ3) is 5.87. The van der Waals surface area contributed by atoms with Crippen molar-refractivity contribution in [2.24, 2.45) is 0 Å². The Morgan fingerprint density at radius 3 is 2.77 bits per heavy atom. The smallest absolute Gasteiger partial charge is 0.340 e. The molecule has 0 unspecified atom stereocenters. The van der Waals surface area contributed by atoms with Crippen molar-refractivity contribution in [3.63, 3.8) is 0 Å². The van der Waals surface area contributed by atoms with Crippen LogP contribution in [0, 0.1) is 0 Å². The summed E-state index contributed by atoms with van der Waals surface area (Å²) < 4.78 is 9.66. The highest BCUT2D eigenvalue weighted by Gasteiger charge is 2.06. The highest BCUT2D eigenvalue weighted by molar-refractivity contribution is 5.88. The van der Waals surface area contributed by atoms with Gasteiger partial charge in [-0.3, -0.25) is 0 Å². The van der Waals surface area contributed by atoms with Crippen LogP contribution in [0.1, 0.15) is 6.92 Å². The van der Waals surface area contributed by atoms with Gasteiger partial charge in [-0.2, -0.15) is 0 Å². The summed E-state index contributed by atoms with van der Waals surface area (Å²) in [4.78, 5) is 11.0. The third-order valence-electron chi connectivity index (χ3n) is 1.11. The molecule has 0 aromatic heterocycles. The van der Waals surface area contributed by atoms with Gasteiger partial charge in [0.1, 0.15) is 0 Å². The van der Waals surface area contributed by atoms with Crippen molar-refractivity contribution in [1.29, 1.82) is 0 Å². The van der Waals surface area contributed by atoms with Crippen molar-refractivity contribution in [2.45, 2.75) is 6.92 Å². The zero-order valence-electron chi connectivity index (χ0n) is 7.79. The lowest BCUT2D eigenvalue weighted by Crippen LogP contribution is -2.09. The van der Waals surface area contributed by atoms with Crippen LogP contribution in [0.15, 0.2) is 37.1 Å². The van der Waals surface area contributed by atoms with Gasteiger partial charge < -0.3 is 9.47 Å². The molecule has 0 saturated heterocycles. The Bertz CT molecular complexity index is 216. The van der Waals surface area contributed by atoms with E-state index in [9.17, 15) is 4.79 Å². The molecule has 72 valence electrons. The number of carbonyl (C=O) groups excluding carboxylic acids is 1. The summed E-state index contributed by atoms with van der Waals surface area (Å²) in [6.07, 6.45) is 4.53. The van der Waals surface area contributed by atoms with Crippen LogP contribution in [0.25, 0.3) is 0 Å². The summed E-state index contributed by atoms with van der Waals surface area (Å²) in [6, 6.07) is 0. The molecule has 0 heterocycles. The second-order valence-electron chi connectivity index (χ2n) is 2.28. The van der Waals surface area contributed by atoms with Crippen LogP contribution in [-0.2, 0) is 14.3 Å². The van der Waals surface area contributed by atoms with Gasteiger partial charge in [-0.15, -0.1) is 6.58 Å². The van der Waals surface area contributed by atoms with E-state index < -0.39 is 5.97 Å². The van der Waals surface area contributed by atoms with E-state index in [1.165, 1.54) is 6.26 Å². The average Bonchev–Trinajstić information content (AvgIpc) is 2.14. The lowest BCUT2D eigenvalue weighted by molar-refractivity contribution is -0.134. The number of ether oxygens (including phenoxy) is 2. The van der Waals surface area contributed by atoms with Gasteiger partial charge in [-0.25, -0.2) is 4.79 Å². The third-order valence-corrected chi connectivity index (χ3v) is 1.11. The molecule has 0 N–H and O–H groups in total. The molecule has 0 radical (unpaired) electrons. The summed E-state index contributed by atoms with van der Waals surface area (Å²) in [6.45, 7) is 9.30. The van der Waals surface area contributed by atoms with Gasteiger partial charge in [-0.05, 0) is 6.92 Å². The quantitative estimate of drug-likeness (QED) is 0.207. The fourth-order valence-corrected chi connectivity index (χ4v) is 0.538. The van der Waals surface area contributed by atoms with Gasteiger partial charge in [0.05, 0.1) is 25.0 Å². The highest BCUT2D eigenvalue weighted by Crippen LogP contribution is 1.96. The van der Waals surface area contributed by atoms with Crippen LogP contribution in [0.5, 0.6) is 0 Å². The fourth-order valence-electron chi connectivity index (χ4n) is 0.538. The Morgan fingerprint density at radius 2 is 2.23 bits per heavy atom. The van der Waals surface area contributed by atoms with E-state index >= 15 is 0 Å². The number of allylic oxidation sites excluding steroid dienone is 1. The molecule has 3 heteroatoms. The Kier molecular flexibility index (Phi) is 6.55. The van der Waals surface area contributed by atoms with Crippen molar-refractivity contribution in [3.8, 4) is 0 Å². The topological polar surface area (TPSA) is 35.5 Å². The predicted molar refractivity (Wildman–Crippen MR) is 51.1 cm³/mol. The molecule has 0 aliphatic heterocycles. The first-order valence-electron chi connectivity index (χ1n) is 3.91. The standard InChI is InChI=1S/C10H14O3/c1-4-6-12-8-9(3)10(11)13-7-5-2/h4-5,7H,1,3,6,8H2,2H3. The first-order chi connectivity index (χ1) is 6.22. The van der Waals surface area contributed by atoms with E-state index in [0.29, 0.717) is 12.2 Å². The van der Waals surface area contributed by atoms with E-state index in [1.54, 1.807) is 19.1 Å². The molecule has 0 aliphatic carbocycles. The van der Waals surface area contributed by atoms with Gasteiger partial charge in [0.25, 0.3) is 0 Å². The van der Waals surface area contributed by atoms with Gasteiger partial charge in [0.15, 0.2) is 0 Å². The summed E-state index contributed by atoms with van der Waals surface area (Å²) >= 11 is 0. The van der Waals surface area contributed by atoms with Crippen molar-refractivity contribution >= 4 is 5.97 Å². The lowest BCUT2D eigenvalue weighted by Gasteiger charge is -2.02. The summed E-state index contributed by atoms with van der Waals surface area (Å²) in [5.74, 6) is -0.470. The molecule has 0 atom stereocenters. The minimum atomic E-state index is -0.470. The van der Waals surface area contributed by atoms with Crippen molar-refractivity contribution in [3.05, 3.63) is 37.1 Å². The van der Waals surface area contributed by atoms with Crippen LogP contribution in [0.2, 0.25) is 0 Å². The Morgan fingerprint density at radius 1 is 1.54 bits per heavy atom. The molecule has 0 aromatic carbocycles. The van der Waals surface area contributed by atoms with E-state index in [0.717, 1.165) is 0 Å². The summed E-state index contributed by atoms with van der Waals surface area (Å²) in [5.41, 5.74) is 0.292. The molecule has 0 aliphatic rings. The first-order valence-corrected chi connectivity index (χ1v) is 3.91. The maximum absolute atomic E-state index is 11.0. The largest absolute Gasteiger partial charge is 0.431 e. The zero-order chi connectivity index (χ0) is 10.1. The maximum Gasteiger partial charge on any atom is 0.340 e. The molecule has 0 fully saturated rings. The van der Waals surface area contributed by atoms with E-state index in [4.69, 9.17) is 4.74 Å². The Hall–Kier alpha value is -1.35. The maximum atomic E-state index is 11.0. The van der Waals surface area contributed by atoms with Crippen LogP contribution >= 0.6 is 0 Å². The minimum Gasteiger partial charge on any atom is -0.431 e. The molecule has 0 amide bonds. The predicted octanol–water partition coefficient (Wildman–Crippen LogP) is 1.82. The SMILES string of the molecule is C=CCOCC(=C)C(=O)OC=CC. The van der Waals surface area contributed by atoms with Crippen molar-refractivity contribution in [2.75, 3.05) is 13.2 Å². The number of rotatable bonds is 6. The normalized spacial score (nSPS) is 9.92. The highest BCUT2D eigenvalue weighted by atomic mass is 16.5. The molecule has 0 saturated carbocycles. The molecule has 0 spiro atoms. The van der Waals surface area contributed by atoms with Gasteiger partial charge in [0.2, 0.25) is 0 Å². The molecule has 3 nitrogen and oxygen atoms in total. The summed E-state index contributed by atoms with van der Waals surface area (Å²) in [5, 5.41) is 0. The number of esters is 1. The average molecular weight is 182 g/mol.